The summed E-state index contributed by atoms with van der Waals surface area (Å²) in [6, 6.07) is 18.2. The predicted octanol–water partition coefficient (Wildman–Crippen LogP) is 7.38. The van der Waals surface area contributed by atoms with Gasteiger partial charge in [0.15, 0.2) is 18.1 Å². The molecule has 6 rings (SSSR count). The molecule has 91 heavy (non-hydrogen) atoms. The molecule has 4 aromatic rings. The normalized spacial score (nSPS) is 21.5. The SMILES string of the molecule is CCCC[C@H]1C(=O)N[C@@H](Cc2ccc3ccccc3c2)C(=O)N(C)[C@@H](COC(C)(C)C)C(=O)NCC(=O)N(C)CCCCC=CC(=O)OCC(C)(C)C(=O)C(=O)N2CCCC[C@H]2C(=O)O[C@H](CCc2cc(OC)c(OC)cc2O)c2cccc(c2)OCC(=O)N1C. The molecule has 4 aromatic carbocycles. The molecule has 6 amide bonds. The summed E-state index contributed by atoms with van der Waals surface area (Å²) >= 11 is 0. The average Bonchev–Trinajstić information content (AvgIpc) is 1.15. The van der Waals surface area contributed by atoms with Crippen LogP contribution in [-0.2, 0) is 70.2 Å². The number of hydrogen-bond donors (Lipinski definition) is 3. The summed E-state index contributed by atoms with van der Waals surface area (Å²) in [5.41, 5.74) is -0.663. The molecule has 2 aliphatic heterocycles. The number of aromatic hydroxyl groups is 1. The van der Waals surface area contributed by atoms with Gasteiger partial charge in [0.25, 0.3) is 11.8 Å². The summed E-state index contributed by atoms with van der Waals surface area (Å²) < 4.78 is 35.0. The van der Waals surface area contributed by atoms with Crippen molar-refractivity contribution in [2.24, 2.45) is 5.41 Å². The number of likely N-dealkylation sites (N-methyl/N-ethyl adjacent to an activating group) is 3. The number of phenols is 1. The number of nitrogens with zero attached hydrogens (tertiary/aromatic N) is 4. The van der Waals surface area contributed by atoms with Crippen LogP contribution in [0.3, 0.4) is 0 Å². The van der Waals surface area contributed by atoms with Gasteiger partial charge in [0.05, 0.1) is 38.4 Å². The summed E-state index contributed by atoms with van der Waals surface area (Å²) in [4.78, 5) is 133. The number of phenolic OH excluding ortho intramolecular Hbond substituents is 1. The second kappa shape index (κ2) is 33.5. The van der Waals surface area contributed by atoms with Gasteiger partial charge in [-0.15, -0.1) is 0 Å². The number of benzene rings is 4. The number of amides is 6. The van der Waals surface area contributed by atoms with Crippen molar-refractivity contribution in [3.8, 4) is 23.0 Å². The molecule has 1 saturated heterocycles. The number of hydrogen-bond acceptors (Lipinski definition) is 16. The van der Waals surface area contributed by atoms with E-state index >= 15 is 4.79 Å². The number of rotatable bonds is 12. The van der Waals surface area contributed by atoms with Gasteiger partial charge in [-0.3, -0.25) is 33.6 Å². The van der Waals surface area contributed by atoms with E-state index in [1.54, 1.807) is 64.2 Å². The molecular weight excluding hydrogens is 1170 g/mol. The van der Waals surface area contributed by atoms with Gasteiger partial charge in [0, 0.05) is 52.8 Å². The number of cyclic esters (lactones) is 2. The van der Waals surface area contributed by atoms with Crippen molar-refractivity contribution < 1.29 is 76.7 Å². The van der Waals surface area contributed by atoms with E-state index in [2.05, 4.69) is 10.6 Å². The van der Waals surface area contributed by atoms with Crippen LogP contribution in [0.25, 0.3) is 10.8 Å². The fourth-order valence-corrected chi connectivity index (χ4v) is 10.7. The topological polar surface area (TPSA) is 266 Å². The summed E-state index contributed by atoms with van der Waals surface area (Å²) in [6.07, 6.45) is 6.18. The highest BCUT2D eigenvalue weighted by Crippen LogP contribution is 2.37. The van der Waals surface area contributed by atoms with Gasteiger partial charge >= 0.3 is 11.9 Å². The third-order valence-electron chi connectivity index (χ3n) is 16.4. The first-order chi connectivity index (χ1) is 43.2. The van der Waals surface area contributed by atoms with E-state index in [4.69, 9.17) is 28.4 Å². The average molecular weight is 1260 g/mol. The number of methoxy groups -OCH3 is 2. The largest absolute Gasteiger partial charge is 0.508 e. The number of esters is 2. The highest BCUT2D eigenvalue weighted by atomic mass is 16.5. The molecule has 2 aliphatic rings. The molecule has 0 spiro atoms. The lowest BCUT2D eigenvalue weighted by Crippen LogP contribution is -2.59. The number of aryl methyl sites for hydroxylation is 1. The molecule has 1 fully saturated rings. The maximum absolute atomic E-state index is 15.1. The number of ether oxygens (including phenoxy) is 6. The fraction of sp³-hybridized carbons (Fsp3) is 0.522. The molecule has 3 N–H and O–H groups in total. The Kier molecular flexibility index (Phi) is 26.3. The third-order valence-corrected chi connectivity index (χ3v) is 16.4. The molecule has 5 atom stereocenters. The minimum Gasteiger partial charge on any atom is -0.508 e. The number of carbonyl (C=O) groups is 9. The number of carbonyl (C=O) groups excluding carboxylic acids is 9. The van der Waals surface area contributed by atoms with Crippen LogP contribution in [0.1, 0.15) is 129 Å². The molecule has 2 heterocycles. The smallest absolute Gasteiger partial charge is 0.330 e. The summed E-state index contributed by atoms with van der Waals surface area (Å²) in [6.45, 7) is 9.05. The Balaban J connectivity index is 1.34. The van der Waals surface area contributed by atoms with Crippen LogP contribution in [-0.4, -0.2) is 182 Å². The maximum atomic E-state index is 15.1. The Bertz CT molecular complexity index is 3250. The lowest BCUT2D eigenvalue weighted by atomic mass is 9.87. The molecular formula is C69H92N6O16. The van der Waals surface area contributed by atoms with Crippen LogP contribution < -0.4 is 24.8 Å². The van der Waals surface area contributed by atoms with Gasteiger partial charge in [-0.1, -0.05) is 80.4 Å². The van der Waals surface area contributed by atoms with Gasteiger partial charge in [-0.25, -0.2) is 9.59 Å². The summed E-state index contributed by atoms with van der Waals surface area (Å²) in [5, 5.41) is 18.6. The van der Waals surface area contributed by atoms with E-state index in [1.807, 2.05) is 49.4 Å². The van der Waals surface area contributed by atoms with Gasteiger partial charge in [0.1, 0.15) is 48.4 Å². The Morgan fingerprint density at radius 3 is 2.18 bits per heavy atom. The van der Waals surface area contributed by atoms with Crippen LogP contribution in [0.2, 0.25) is 0 Å². The minimum absolute atomic E-state index is 0.00417. The zero-order valence-electron chi connectivity index (χ0n) is 54.6. The Labute approximate surface area is 534 Å². The van der Waals surface area contributed by atoms with Crippen molar-refractivity contribution in [2.45, 2.75) is 154 Å². The molecule has 0 aromatic heterocycles. The van der Waals surface area contributed by atoms with Crippen molar-refractivity contribution in [2.75, 3.05) is 74.8 Å². The maximum Gasteiger partial charge on any atom is 0.330 e. The highest BCUT2D eigenvalue weighted by molar-refractivity contribution is 6.38. The van der Waals surface area contributed by atoms with Crippen LogP contribution >= 0.6 is 0 Å². The molecule has 0 radical (unpaired) electrons. The van der Waals surface area contributed by atoms with E-state index < -0.39 is 114 Å². The monoisotopic (exact) mass is 1260 g/mol. The van der Waals surface area contributed by atoms with Gasteiger partial charge in [-0.2, -0.15) is 0 Å². The van der Waals surface area contributed by atoms with E-state index in [0.717, 1.165) is 10.8 Å². The van der Waals surface area contributed by atoms with Crippen molar-refractivity contribution in [3.63, 3.8) is 0 Å². The van der Waals surface area contributed by atoms with E-state index in [9.17, 15) is 43.5 Å². The number of allylic oxidation sites excluding steroid dienone is 1. The molecule has 0 saturated carbocycles. The molecule has 0 unspecified atom stereocenters. The number of nitrogens with one attached hydrogen (secondary N) is 2. The molecule has 22 heteroatoms. The standard InChI is InChI=1S/C69H92N6O16/c1-12-13-27-52-64(82)71-51(37-45-30-31-46-23-17-18-24-47(46)36-45)65(83)74(9)54(42-90-68(2,3)4)63(81)70-41-59(77)72(7)34-20-15-14-16-29-61(79)89-44-69(5,6)62(80)66(84)75-35-21-19-28-53(75)67(85)91-56(33-32-48-39-57(86-10)58(87-11)40-55(48)76)49-25-22-26-50(38-49)88-43-60(78)73(52)8/h16-18,22-26,29-31,36,38-40,51-54,56,76H,12-15,19-21,27-28,32-35,37,41-44H2,1-11H3,(H,70,81)(H,71,82)/t51-,52-,53-,54-,56+/m0/s1. The van der Waals surface area contributed by atoms with Crippen molar-refractivity contribution in [1.29, 1.82) is 0 Å². The van der Waals surface area contributed by atoms with Crippen molar-refractivity contribution in [1.82, 2.24) is 30.2 Å². The first-order valence-corrected chi connectivity index (χ1v) is 31.3. The number of unbranched alkanes of at least 4 members (excludes halogenated alkanes) is 1. The fourth-order valence-electron chi connectivity index (χ4n) is 10.7. The molecule has 2 bridgehead atoms. The number of ketones is 1. The minimum atomic E-state index is -1.49. The van der Waals surface area contributed by atoms with E-state index in [1.165, 1.54) is 73.9 Å². The van der Waals surface area contributed by atoms with Crippen LogP contribution in [0, 0.1) is 5.41 Å². The first-order valence-electron chi connectivity index (χ1n) is 31.3. The zero-order valence-corrected chi connectivity index (χ0v) is 54.6. The second-order valence-electron chi connectivity index (χ2n) is 24.9. The van der Waals surface area contributed by atoms with Crippen LogP contribution in [0.4, 0.5) is 0 Å². The molecule has 0 aliphatic carbocycles. The Morgan fingerprint density at radius 1 is 0.747 bits per heavy atom. The number of Topliss-reactive ketones (excluding diaryl/α,β-unsaturated/α-hetero) is 1. The van der Waals surface area contributed by atoms with Gasteiger partial charge in [-0.05, 0) is 138 Å². The number of piperidine rings is 1. The quantitative estimate of drug-likeness (QED) is 0.0922. The van der Waals surface area contributed by atoms with Crippen molar-refractivity contribution >= 4 is 63.9 Å². The van der Waals surface area contributed by atoms with Gasteiger partial charge in [0.2, 0.25) is 29.4 Å². The predicted molar refractivity (Wildman–Crippen MR) is 341 cm³/mol. The lowest BCUT2D eigenvalue weighted by Gasteiger charge is -2.36. The Hall–Kier alpha value is -8.53. The lowest BCUT2D eigenvalue weighted by molar-refractivity contribution is -0.165. The second-order valence-corrected chi connectivity index (χ2v) is 24.9. The Morgan fingerprint density at radius 2 is 1.46 bits per heavy atom. The molecule has 494 valence electrons. The third kappa shape index (κ3) is 20.5. The van der Waals surface area contributed by atoms with Crippen LogP contribution in [0.15, 0.2) is 91.0 Å². The number of fused-ring (bicyclic) bond motifs is 4. The summed E-state index contributed by atoms with van der Waals surface area (Å²) in [7, 11) is 7.41. The first kappa shape index (κ1) is 71.5. The summed E-state index contributed by atoms with van der Waals surface area (Å²) in [5.74, 6) is -5.51. The zero-order chi connectivity index (χ0) is 66.6. The van der Waals surface area contributed by atoms with E-state index in [0.29, 0.717) is 79.7 Å². The van der Waals surface area contributed by atoms with Crippen LogP contribution in [0.5, 0.6) is 23.0 Å². The molecule has 22 nitrogen and oxygen atoms in total. The van der Waals surface area contributed by atoms with Crippen molar-refractivity contribution in [3.05, 3.63) is 108 Å². The highest BCUT2D eigenvalue weighted by Gasteiger charge is 2.43. The van der Waals surface area contributed by atoms with E-state index in [-0.39, 0.29) is 56.8 Å². The van der Waals surface area contributed by atoms with Gasteiger partial charge < -0.3 is 63.8 Å².